The first-order valence-electron chi connectivity index (χ1n) is 9.75. The number of hydrogen-bond acceptors (Lipinski definition) is 3. The second kappa shape index (κ2) is 9.24. The van der Waals surface area contributed by atoms with Crippen molar-refractivity contribution < 1.29 is 13.2 Å². The SMILES string of the molecule is Cc1ccc(S(=O)(=O)N[C@@H](Cc2ccccc2)C(=O)Nc2ccc(C)c(C)c2)cc1. The first kappa shape index (κ1) is 21.7. The lowest BCUT2D eigenvalue weighted by Gasteiger charge is -2.19. The van der Waals surface area contributed by atoms with Crippen molar-refractivity contribution in [2.45, 2.75) is 38.1 Å². The van der Waals surface area contributed by atoms with Crippen molar-refractivity contribution in [3.63, 3.8) is 0 Å². The van der Waals surface area contributed by atoms with Gasteiger partial charge in [0.1, 0.15) is 6.04 Å². The minimum atomic E-state index is -3.86. The van der Waals surface area contributed by atoms with Crippen molar-refractivity contribution in [1.29, 1.82) is 0 Å². The molecule has 3 aromatic carbocycles. The monoisotopic (exact) mass is 422 g/mol. The van der Waals surface area contributed by atoms with Crippen molar-refractivity contribution in [2.24, 2.45) is 0 Å². The molecule has 1 atom stereocenters. The molecule has 156 valence electrons. The predicted octanol–water partition coefficient (Wildman–Crippen LogP) is 4.14. The Labute approximate surface area is 178 Å². The van der Waals surface area contributed by atoms with Gasteiger partial charge in [0, 0.05) is 5.69 Å². The molecule has 0 heterocycles. The summed E-state index contributed by atoms with van der Waals surface area (Å²) in [6.07, 6.45) is 0.239. The Bertz CT molecular complexity index is 1120. The lowest BCUT2D eigenvalue weighted by molar-refractivity contribution is -0.117. The molecule has 6 heteroatoms. The summed E-state index contributed by atoms with van der Waals surface area (Å²) >= 11 is 0. The molecule has 0 spiro atoms. The van der Waals surface area contributed by atoms with E-state index in [9.17, 15) is 13.2 Å². The number of anilines is 1. The standard InChI is InChI=1S/C24H26N2O3S/c1-17-9-13-22(14-10-17)30(28,29)26-23(16-20-7-5-4-6-8-20)24(27)25-21-12-11-18(2)19(3)15-21/h4-15,23,26H,16H2,1-3H3,(H,25,27)/t23-/m0/s1. The van der Waals surface area contributed by atoms with Crippen LogP contribution in [0.4, 0.5) is 5.69 Å². The van der Waals surface area contributed by atoms with Crippen LogP contribution in [0, 0.1) is 20.8 Å². The van der Waals surface area contributed by atoms with Crippen LogP contribution in [0.1, 0.15) is 22.3 Å². The van der Waals surface area contributed by atoms with E-state index in [1.807, 2.05) is 69.3 Å². The summed E-state index contributed by atoms with van der Waals surface area (Å²) in [4.78, 5) is 13.2. The van der Waals surface area contributed by atoms with E-state index in [1.54, 1.807) is 24.3 Å². The number of amides is 1. The van der Waals surface area contributed by atoms with E-state index in [4.69, 9.17) is 0 Å². The molecule has 30 heavy (non-hydrogen) atoms. The Morgan fingerprint density at radius 2 is 1.53 bits per heavy atom. The maximum Gasteiger partial charge on any atom is 0.242 e. The van der Waals surface area contributed by atoms with Crippen molar-refractivity contribution in [2.75, 3.05) is 5.32 Å². The molecule has 0 saturated heterocycles. The molecule has 0 aliphatic heterocycles. The third-order valence-corrected chi connectivity index (χ3v) is 6.49. The van der Waals surface area contributed by atoms with Crippen LogP contribution in [0.2, 0.25) is 0 Å². The molecule has 0 bridgehead atoms. The van der Waals surface area contributed by atoms with Gasteiger partial charge in [0.25, 0.3) is 0 Å². The van der Waals surface area contributed by atoms with Crippen LogP contribution in [0.25, 0.3) is 0 Å². The van der Waals surface area contributed by atoms with E-state index in [1.165, 1.54) is 0 Å². The highest BCUT2D eigenvalue weighted by atomic mass is 32.2. The van der Waals surface area contributed by atoms with E-state index in [0.717, 1.165) is 22.3 Å². The van der Waals surface area contributed by atoms with Gasteiger partial charge in [-0.05, 0) is 68.1 Å². The quantitative estimate of drug-likeness (QED) is 0.601. The Morgan fingerprint density at radius 3 is 2.17 bits per heavy atom. The van der Waals surface area contributed by atoms with Gasteiger partial charge >= 0.3 is 0 Å². The fourth-order valence-corrected chi connectivity index (χ4v) is 4.25. The molecule has 0 aliphatic carbocycles. The van der Waals surface area contributed by atoms with Crippen LogP contribution in [0.15, 0.2) is 77.7 Å². The third kappa shape index (κ3) is 5.55. The summed E-state index contributed by atoms with van der Waals surface area (Å²) in [5, 5.41) is 2.85. The molecule has 2 N–H and O–H groups in total. The van der Waals surface area contributed by atoms with Crippen molar-refractivity contribution in [3.8, 4) is 0 Å². The number of carbonyl (C=O) groups is 1. The molecule has 0 fully saturated rings. The fraction of sp³-hybridized carbons (Fsp3) is 0.208. The molecule has 0 radical (unpaired) electrons. The van der Waals surface area contributed by atoms with E-state index in [0.29, 0.717) is 5.69 Å². The number of nitrogens with one attached hydrogen (secondary N) is 2. The first-order valence-corrected chi connectivity index (χ1v) is 11.2. The highest BCUT2D eigenvalue weighted by molar-refractivity contribution is 7.89. The molecule has 0 aromatic heterocycles. The zero-order valence-electron chi connectivity index (χ0n) is 17.3. The van der Waals surface area contributed by atoms with E-state index in [2.05, 4.69) is 10.0 Å². The van der Waals surface area contributed by atoms with Crippen molar-refractivity contribution in [3.05, 3.63) is 95.1 Å². The van der Waals surface area contributed by atoms with Gasteiger partial charge in [-0.25, -0.2) is 8.42 Å². The van der Waals surface area contributed by atoms with Gasteiger partial charge in [-0.1, -0.05) is 54.1 Å². The number of benzene rings is 3. The van der Waals surface area contributed by atoms with Crippen LogP contribution in [-0.2, 0) is 21.2 Å². The topological polar surface area (TPSA) is 75.3 Å². The largest absolute Gasteiger partial charge is 0.325 e. The summed E-state index contributed by atoms with van der Waals surface area (Å²) in [5.41, 5.74) is 4.63. The van der Waals surface area contributed by atoms with Gasteiger partial charge < -0.3 is 5.32 Å². The second-order valence-electron chi connectivity index (χ2n) is 7.46. The molecule has 0 saturated carbocycles. The van der Waals surface area contributed by atoms with Crippen LogP contribution in [-0.4, -0.2) is 20.4 Å². The number of carbonyl (C=O) groups excluding carboxylic acids is 1. The minimum Gasteiger partial charge on any atom is -0.325 e. The fourth-order valence-electron chi connectivity index (χ4n) is 3.06. The van der Waals surface area contributed by atoms with Crippen LogP contribution >= 0.6 is 0 Å². The zero-order chi connectivity index (χ0) is 21.7. The average Bonchev–Trinajstić information content (AvgIpc) is 2.71. The first-order chi connectivity index (χ1) is 14.2. The number of aryl methyl sites for hydroxylation is 3. The molecule has 3 aromatic rings. The molecular formula is C24H26N2O3S. The van der Waals surface area contributed by atoms with Crippen molar-refractivity contribution in [1.82, 2.24) is 4.72 Å². The second-order valence-corrected chi connectivity index (χ2v) is 9.18. The summed E-state index contributed by atoms with van der Waals surface area (Å²) < 4.78 is 28.4. The highest BCUT2D eigenvalue weighted by Crippen LogP contribution is 2.16. The number of sulfonamides is 1. The van der Waals surface area contributed by atoms with Gasteiger partial charge in [0.15, 0.2) is 0 Å². The van der Waals surface area contributed by atoms with Gasteiger partial charge in [-0.2, -0.15) is 4.72 Å². The summed E-state index contributed by atoms with van der Waals surface area (Å²) in [7, 11) is -3.86. The molecule has 3 rings (SSSR count). The minimum absolute atomic E-state index is 0.130. The number of rotatable bonds is 7. The maximum absolute atomic E-state index is 13.0. The Balaban J connectivity index is 1.86. The highest BCUT2D eigenvalue weighted by Gasteiger charge is 2.26. The summed E-state index contributed by atoms with van der Waals surface area (Å²) in [6, 6.07) is 20.5. The Hall–Kier alpha value is -2.96. The van der Waals surface area contributed by atoms with Gasteiger partial charge in [-0.3, -0.25) is 4.79 Å². The lowest BCUT2D eigenvalue weighted by atomic mass is 10.1. The summed E-state index contributed by atoms with van der Waals surface area (Å²) in [5.74, 6) is -0.405. The Morgan fingerprint density at radius 1 is 0.867 bits per heavy atom. The van der Waals surface area contributed by atoms with Crippen LogP contribution in [0.5, 0.6) is 0 Å². The van der Waals surface area contributed by atoms with E-state index >= 15 is 0 Å². The zero-order valence-corrected chi connectivity index (χ0v) is 18.2. The smallest absolute Gasteiger partial charge is 0.242 e. The van der Waals surface area contributed by atoms with E-state index in [-0.39, 0.29) is 11.3 Å². The van der Waals surface area contributed by atoms with Gasteiger partial charge in [-0.15, -0.1) is 0 Å². The number of hydrogen-bond donors (Lipinski definition) is 2. The van der Waals surface area contributed by atoms with Gasteiger partial charge in [0.05, 0.1) is 4.90 Å². The predicted molar refractivity (Wildman–Crippen MR) is 120 cm³/mol. The third-order valence-electron chi connectivity index (χ3n) is 5.00. The van der Waals surface area contributed by atoms with Crippen LogP contribution in [0.3, 0.4) is 0 Å². The molecule has 5 nitrogen and oxygen atoms in total. The summed E-state index contributed by atoms with van der Waals surface area (Å²) in [6.45, 7) is 5.85. The normalized spacial score (nSPS) is 12.4. The van der Waals surface area contributed by atoms with Gasteiger partial charge in [0.2, 0.25) is 15.9 Å². The Kier molecular flexibility index (Phi) is 6.70. The molecule has 0 unspecified atom stereocenters. The van der Waals surface area contributed by atoms with Crippen molar-refractivity contribution >= 4 is 21.6 Å². The lowest BCUT2D eigenvalue weighted by Crippen LogP contribution is -2.45. The maximum atomic E-state index is 13.0. The van der Waals surface area contributed by atoms with Crippen LogP contribution < -0.4 is 10.0 Å². The average molecular weight is 423 g/mol. The molecule has 1 amide bonds. The van der Waals surface area contributed by atoms with E-state index < -0.39 is 22.0 Å². The molecule has 0 aliphatic rings. The molecular weight excluding hydrogens is 396 g/mol.